The number of nitro groups is 1. The third-order valence-corrected chi connectivity index (χ3v) is 5.05. The smallest absolute Gasteiger partial charge is 0.267 e. The van der Waals surface area contributed by atoms with Crippen molar-refractivity contribution >= 4 is 27.5 Å². The molecule has 9 heteroatoms. The Morgan fingerprint density at radius 1 is 0.870 bits per heavy atom. The number of sulfonamides is 1. The van der Waals surface area contributed by atoms with Gasteiger partial charge in [-0.05, 0) is 18.2 Å². The van der Waals surface area contributed by atoms with Crippen molar-refractivity contribution in [3.63, 3.8) is 0 Å². The summed E-state index contributed by atoms with van der Waals surface area (Å²) >= 11 is 0. The number of imide groups is 1. The highest BCUT2D eigenvalue weighted by Crippen LogP contribution is 2.32. The Morgan fingerprint density at radius 3 is 1.87 bits per heavy atom. The first-order chi connectivity index (χ1) is 10.9. The molecule has 8 nitrogen and oxygen atoms in total. The lowest BCUT2D eigenvalue weighted by Gasteiger charge is -2.14. The molecule has 1 heterocycles. The number of benzene rings is 2. The second-order valence-electron chi connectivity index (χ2n) is 4.65. The minimum atomic E-state index is -4.69. The van der Waals surface area contributed by atoms with Crippen LogP contribution in [0.2, 0.25) is 0 Å². The highest BCUT2D eigenvalue weighted by molar-refractivity contribution is 7.90. The molecule has 0 unspecified atom stereocenters. The second-order valence-corrected chi connectivity index (χ2v) is 6.41. The molecule has 2 aromatic carbocycles. The molecule has 0 atom stereocenters. The number of rotatable bonds is 3. The summed E-state index contributed by atoms with van der Waals surface area (Å²) in [5.41, 5.74) is -0.816. The van der Waals surface area contributed by atoms with Gasteiger partial charge in [-0.15, -0.1) is 0 Å². The van der Waals surface area contributed by atoms with Gasteiger partial charge in [0.05, 0.1) is 16.1 Å². The molecular formula is C14H8N2O6S. The van der Waals surface area contributed by atoms with Gasteiger partial charge in [0, 0.05) is 6.07 Å². The van der Waals surface area contributed by atoms with E-state index in [0.717, 1.165) is 12.1 Å². The highest BCUT2D eigenvalue weighted by atomic mass is 32.2. The molecule has 1 aliphatic heterocycles. The fourth-order valence-corrected chi connectivity index (χ4v) is 3.80. The number of nitro benzene ring substituents is 1. The third kappa shape index (κ3) is 2.09. The first-order valence-corrected chi connectivity index (χ1v) is 7.76. The maximum atomic E-state index is 12.6. The van der Waals surface area contributed by atoms with Crippen molar-refractivity contribution in [1.29, 1.82) is 0 Å². The minimum Gasteiger partial charge on any atom is -0.267 e. The monoisotopic (exact) mass is 332 g/mol. The quantitative estimate of drug-likeness (QED) is 0.479. The number of carbonyl (C=O) groups is 2. The molecule has 0 saturated carbocycles. The van der Waals surface area contributed by atoms with E-state index in [4.69, 9.17) is 0 Å². The average Bonchev–Trinajstić information content (AvgIpc) is 2.79. The zero-order chi connectivity index (χ0) is 16.8. The van der Waals surface area contributed by atoms with E-state index >= 15 is 0 Å². The first-order valence-electron chi connectivity index (χ1n) is 6.32. The van der Waals surface area contributed by atoms with Gasteiger partial charge in [0.25, 0.3) is 27.5 Å². The zero-order valence-corrected chi connectivity index (χ0v) is 12.2. The summed E-state index contributed by atoms with van der Waals surface area (Å²) in [6, 6.07) is 10.2. The predicted molar refractivity (Wildman–Crippen MR) is 77.2 cm³/mol. The van der Waals surface area contributed by atoms with Crippen molar-refractivity contribution in [2.75, 3.05) is 0 Å². The largest absolute Gasteiger partial charge is 0.289 e. The fourth-order valence-electron chi connectivity index (χ4n) is 2.31. The Morgan fingerprint density at radius 2 is 1.35 bits per heavy atom. The van der Waals surface area contributed by atoms with Gasteiger partial charge in [-0.3, -0.25) is 19.7 Å². The summed E-state index contributed by atoms with van der Waals surface area (Å²) in [5.74, 6) is -2.05. The van der Waals surface area contributed by atoms with Crippen LogP contribution in [0.25, 0.3) is 0 Å². The van der Waals surface area contributed by atoms with Gasteiger partial charge in [0.1, 0.15) is 0 Å². The van der Waals surface area contributed by atoms with E-state index in [2.05, 4.69) is 0 Å². The third-order valence-electron chi connectivity index (χ3n) is 3.34. The average molecular weight is 332 g/mol. The van der Waals surface area contributed by atoms with Crippen LogP contribution in [0.5, 0.6) is 0 Å². The predicted octanol–water partition coefficient (Wildman–Crippen LogP) is 1.58. The van der Waals surface area contributed by atoms with Gasteiger partial charge >= 0.3 is 0 Å². The molecular weight excluding hydrogens is 324 g/mol. The molecule has 0 radical (unpaired) electrons. The Kier molecular flexibility index (Phi) is 3.22. The molecule has 2 aromatic rings. The molecule has 3 rings (SSSR count). The lowest BCUT2D eigenvalue weighted by atomic mass is 10.1. The number of amides is 2. The van der Waals surface area contributed by atoms with Crippen LogP contribution in [0.15, 0.2) is 53.4 Å². The Labute approximate surface area is 130 Å². The van der Waals surface area contributed by atoms with Gasteiger partial charge in [0.15, 0.2) is 4.90 Å². The van der Waals surface area contributed by atoms with Crippen LogP contribution < -0.4 is 0 Å². The zero-order valence-electron chi connectivity index (χ0n) is 11.4. The van der Waals surface area contributed by atoms with Gasteiger partial charge in [-0.2, -0.15) is 4.31 Å². The van der Waals surface area contributed by atoms with Crippen LogP contribution in [-0.2, 0) is 10.0 Å². The number of hydrogen-bond donors (Lipinski definition) is 0. The SMILES string of the molecule is O=C1c2ccccc2C(=O)N1S(=O)(=O)c1ccccc1[N+](=O)[O-]. The first kappa shape index (κ1) is 14.9. The molecule has 0 aliphatic carbocycles. The maximum Gasteiger partial charge on any atom is 0.289 e. The number of carbonyl (C=O) groups excluding carboxylic acids is 2. The molecule has 0 bridgehead atoms. The van der Waals surface area contributed by atoms with Crippen molar-refractivity contribution in [3.8, 4) is 0 Å². The second kappa shape index (κ2) is 4.99. The van der Waals surface area contributed by atoms with Gasteiger partial charge in [0.2, 0.25) is 0 Å². The Hall–Kier alpha value is -3.07. The normalized spacial score (nSPS) is 14.0. The van der Waals surface area contributed by atoms with Crippen molar-refractivity contribution < 1.29 is 22.9 Å². The van der Waals surface area contributed by atoms with Crippen molar-refractivity contribution in [1.82, 2.24) is 4.31 Å². The maximum absolute atomic E-state index is 12.6. The summed E-state index contributed by atoms with van der Waals surface area (Å²) in [4.78, 5) is 34.0. The van der Waals surface area contributed by atoms with Crippen LogP contribution in [-0.4, -0.2) is 29.5 Å². The number of nitrogens with zero attached hydrogens (tertiary/aromatic N) is 2. The summed E-state index contributed by atoms with van der Waals surface area (Å²) < 4.78 is 25.3. The molecule has 0 saturated heterocycles. The molecule has 2 amide bonds. The van der Waals surface area contributed by atoms with Crippen LogP contribution in [0.4, 0.5) is 5.69 Å². The number of fused-ring (bicyclic) bond motifs is 1. The molecule has 0 spiro atoms. The molecule has 1 aliphatic rings. The summed E-state index contributed by atoms with van der Waals surface area (Å²) in [5, 5.41) is 11.0. The van der Waals surface area contributed by atoms with Crippen LogP contribution in [0.1, 0.15) is 20.7 Å². The van der Waals surface area contributed by atoms with Crippen LogP contribution >= 0.6 is 0 Å². The van der Waals surface area contributed by atoms with Crippen LogP contribution in [0, 0.1) is 10.1 Å². The molecule has 0 N–H and O–H groups in total. The fraction of sp³-hybridized carbons (Fsp3) is 0. The summed E-state index contributed by atoms with van der Waals surface area (Å²) in [7, 11) is -4.69. The molecule has 0 fully saturated rings. The molecule has 23 heavy (non-hydrogen) atoms. The summed E-state index contributed by atoms with van der Waals surface area (Å²) in [6.07, 6.45) is 0. The molecule has 0 aromatic heterocycles. The number of para-hydroxylation sites is 1. The van der Waals surface area contributed by atoms with Crippen LogP contribution in [0.3, 0.4) is 0 Å². The standard InChI is InChI=1S/C14H8N2O6S/c17-13-9-5-1-2-6-10(9)14(18)15(13)23(21,22)12-8-4-3-7-11(12)16(19)20/h1-8H. The van der Waals surface area contributed by atoms with E-state index < -0.39 is 37.3 Å². The Balaban J connectivity index is 2.19. The van der Waals surface area contributed by atoms with Gasteiger partial charge in [-0.1, -0.05) is 24.3 Å². The topological polar surface area (TPSA) is 115 Å². The van der Waals surface area contributed by atoms with Crippen molar-refractivity contribution in [2.45, 2.75) is 4.90 Å². The highest BCUT2D eigenvalue weighted by Gasteiger charge is 2.45. The lowest BCUT2D eigenvalue weighted by molar-refractivity contribution is -0.387. The van der Waals surface area contributed by atoms with Gasteiger partial charge < -0.3 is 0 Å². The molecule has 116 valence electrons. The van der Waals surface area contributed by atoms with E-state index in [-0.39, 0.29) is 15.4 Å². The number of hydrogen-bond acceptors (Lipinski definition) is 6. The van der Waals surface area contributed by atoms with E-state index in [1.54, 1.807) is 0 Å². The van der Waals surface area contributed by atoms with E-state index in [0.29, 0.717) is 0 Å². The van der Waals surface area contributed by atoms with Crippen molar-refractivity contribution in [2.24, 2.45) is 0 Å². The van der Waals surface area contributed by atoms with E-state index in [9.17, 15) is 28.1 Å². The Bertz CT molecular complexity index is 932. The minimum absolute atomic E-state index is 0.0559. The van der Waals surface area contributed by atoms with Crippen molar-refractivity contribution in [3.05, 3.63) is 69.8 Å². The van der Waals surface area contributed by atoms with E-state index in [1.165, 1.54) is 36.4 Å². The lowest BCUT2D eigenvalue weighted by Crippen LogP contribution is -2.36. The van der Waals surface area contributed by atoms with E-state index in [1.807, 2.05) is 0 Å². The van der Waals surface area contributed by atoms with Gasteiger partial charge in [-0.25, -0.2) is 8.42 Å². The summed E-state index contributed by atoms with van der Waals surface area (Å²) in [6.45, 7) is 0.